The summed E-state index contributed by atoms with van der Waals surface area (Å²) >= 11 is 0. The minimum Gasteiger partial charge on any atom is -0.477 e. The first-order valence-corrected chi connectivity index (χ1v) is 8.35. The smallest absolute Gasteiger partial charge is 0.265 e. The van der Waals surface area contributed by atoms with Gasteiger partial charge in [0, 0.05) is 19.8 Å². The van der Waals surface area contributed by atoms with Gasteiger partial charge in [-0.05, 0) is 12.1 Å². The number of para-hydroxylation sites is 2. The molecule has 0 saturated heterocycles. The molecule has 1 unspecified atom stereocenters. The molecule has 1 amide bonds. The molecule has 0 fully saturated rings. The zero-order chi connectivity index (χ0) is 14.8. The van der Waals surface area contributed by atoms with E-state index in [2.05, 4.69) is 5.32 Å². The van der Waals surface area contributed by atoms with Crippen LogP contribution in [0.15, 0.2) is 24.3 Å². The number of carbonyl (C=O) groups is 1. The van der Waals surface area contributed by atoms with Gasteiger partial charge in [-0.15, -0.1) is 0 Å². The highest BCUT2D eigenvalue weighted by Crippen LogP contribution is 2.28. The molecule has 0 spiro atoms. The first-order chi connectivity index (χ1) is 9.37. The molecule has 0 aromatic heterocycles. The summed E-state index contributed by atoms with van der Waals surface area (Å²) in [6.07, 6.45) is 0.523. The van der Waals surface area contributed by atoms with E-state index in [9.17, 15) is 13.2 Å². The van der Waals surface area contributed by atoms with Crippen LogP contribution in [0, 0.1) is 0 Å². The standard InChI is InChI=1S/C13H18N2O4S/c1-15(7-8-20(2,17)18)13(16)12-9-14-10-5-3-4-6-11(10)19-12/h3-6,12,14H,7-9H2,1-2H3. The summed E-state index contributed by atoms with van der Waals surface area (Å²) in [5, 5.41) is 3.13. The molecule has 2 rings (SSSR count). The van der Waals surface area contributed by atoms with E-state index in [1.807, 2.05) is 18.2 Å². The van der Waals surface area contributed by atoms with E-state index in [-0.39, 0.29) is 18.2 Å². The highest BCUT2D eigenvalue weighted by Gasteiger charge is 2.28. The predicted octanol–water partition coefficient (Wildman–Crippen LogP) is 0.363. The molecule has 1 aromatic carbocycles. The maximum atomic E-state index is 12.2. The molecule has 0 aliphatic carbocycles. The van der Waals surface area contributed by atoms with Crippen molar-refractivity contribution in [1.82, 2.24) is 4.90 Å². The van der Waals surface area contributed by atoms with E-state index in [0.29, 0.717) is 12.3 Å². The normalized spacial score (nSPS) is 17.6. The van der Waals surface area contributed by atoms with Crippen molar-refractivity contribution in [2.24, 2.45) is 0 Å². The molecule has 1 atom stereocenters. The summed E-state index contributed by atoms with van der Waals surface area (Å²) < 4.78 is 27.9. The third kappa shape index (κ3) is 3.63. The van der Waals surface area contributed by atoms with Gasteiger partial charge in [0.05, 0.1) is 18.0 Å². The van der Waals surface area contributed by atoms with Crippen LogP contribution >= 0.6 is 0 Å². The monoisotopic (exact) mass is 298 g/mol. The number of benzene rings is 1. The fourth-order valence-corrected chi connectivity index (χ4v) is 2.52. The maximum absolute atomic E-state index is 12.2. The van der Waals surface area contributed by atoms with Crippen molar-refractivity contribution in [3.05, 3.63) is 24.3 Å². The van der Waals surface area contributed by atoms with E-state index in [4.69, 9.17) is 4.74 Å². The summed E-state index contributed by atoms with van der Waals surface area (Å²) in [6, 6.07) is 7.39. The van der Waals surface area contributed by atoms with Gasteiger partial charge in [-0.25, -0.2) is 8.42 Å². The van der Waals surface area contributed by atoms with Gasteiger partial charge in [-0.3, -0.25) is 4.79 Å². The van der Waals surface area contributed by atoms with Crippen LogP contribution in [0.2, 0.25) is 0 Å². The number of amides is 1. The molecular formula is C13H18N2O4S. The summed E-state index contributed by atoms with van der Waals surface area (Å²) in [5.74, 6) is 0.357. The van der Waals surface area contributed by atoms with Gasteiger partial charge in [0.1, 0.15) is 15.6 Å². The Balaban J connectivity index is 1.97. The highest BCUT2D eigenvalue weighted by molar-refractivity contribution is 7.90. The van der Waals surface area contributed by atoms with Crippen LogP contribution in [-0.2, 0) is 14.6 Å². The summed E-state index contributed by atoms with van der Waals surface area (Å²) in [5.41, 5.74) is 0.857. The van der Waals surface area contributed by atoms with Gasteiger partial charge < -0.3 is 15.0 Å². The number of hydrogen-bond donors (Lipinski definition) is 1. The molecule has 7 heteroatoms. The molecule has 20 heavy (non-hydrogen) atoms. The van der Waals surface area contributed by atoms with Gasteiger partial charge in [0.25, 0.3) is 5.91 Å². The Morgan fingerprint density at radius 1 is 1.45 bits per heavy atom. The van der Waals surface area contributed by atoms with E-state index in [0.717, 1.165) is 11.9 Å². The first kappa shape index (κ1) is 14.6. The van der Waals surface area contributed by atoms with Gasteiger partial charge >= 0.3 is 0 Å². The number of hydrogen-bond acceptors (Lipinski definition) is 5. The number of sulfone groups is 1. The molecule has 0 radical (unpaired) electrons. The molecule has 0 bridgehead atoms. The molecule has 1 aromatic rings. The lowest BCUT2D eigenvalue weighted by Crippen LogP contribution is -2.46. The van der Waals surface area contributed by atoms with Gasteiger partial charge in [0.2, 0.25) is 0 Å². The summed E-state index contributed by atoms with van der Waals surface area (Å²) in [4.78, 5) is 13.6. The third-order valence-electron chi connectivity index (χ3n) is 3.08. The topological polar surface area (TPSA) is 75.7 Å². The van der Waals surface area contributed by atoms with Gasteiger partial charge in [-0.2, -0.15) is 0 Å². The van der Waals surface area contributed by atoms with Crippen molar-refractivity contribution >= 4 is 21.4 Å². The molecule has 1 heterocycles. The summed E-state index contributed by atoms with van der Waals surface area (Å²) in [7, 11) is -1.50. The Morgan fingerprint density at radius 2 is 2.15 bits per heavy atom. The third-order valence-corrected chi connectivity index (χ3v) is 4.01. The van der Waals surface area contributed by atoms with Crippen molar-refractivity contribution in [3.63, 3.8) is 0 Å². The second kappa shape index (κ2) is 5.70. The summed E-state index contributed by atoms with van der Waals surface area (Å²) in [6.45, 7) is 0.540. The van der Waals surface area contributed by atoms with Crippen molar-refractivity contribution in [2.75, 3.05) is 37.5 Å². The number of rotatable bonds is 4. The van der Waals surface area contributed by atoms with Crippen LogP contribution in [0.3, 0.4) is 0 Å². The number of ether oxygens (including phenoxy) is 1. The Labute approximate surface area is 118 Å². The molecule has 6 nitrogen and oxygen atoms in total. The predicted molar refractivity (Wildman–Crippen MR) is 76.7 cm³/mol. The van der Waals surface area contributed by atoms with Crippen LogP contribution in [-0.4, -0.2) is 57.5 Å². The maximum Gasteiger partial charge on any atom is 0.265 e. The van der Waals surface area contributed by atoms with Crippen molar-refractivity contribution < 1.29 is 17.9 Å². The van der Waals surface area contributed by atoms with Crippen LogP contribution in [0.5, 0.6) is 5.75 Å². The van der Waals surface area contributed by atoms with Gasteiger partial charge in [-0.1, -0.05) is 12.1 Å². The Kier molecular flexibility index (Phi) is 4.17. The lowest BCUT2D eigenvalue weighted by Gasteiger charge is -2.29. The number of fused-ring (bicyclic) bond motifs is 1. The Hall–Kier alpha value is -1.76. The number of nitrogens with zero attached hydrogens (tertiary/aromatic N) is 1. The first-order valence-electron chi connectivity index (χ1n) is 6.29. The second-order valence-electron chi connectivity index (χ2n) is 4.87. The molecule has 1 aliphatic rings. The van der Waals surface area contributed by atoms with Crippen molar-refractivity contribution in [3.8, 4) is 5.75 Å². The fraction of sp³-hybridized carbons (Fsp3) is 0.462. The highest BCUT2D eigenvalue weighted by atomic mass is 32.2. The lowest BCUT2D eigenvalue weighted by atomic mass is 10.2. The number of anilines is 1. The molecule has 1 aliphatic heterocycles. The van der Waals surface area contributed by atoms with E-state index in [1.54, 1.807) is 13.1 Å². The van der Waals surface area contributed by atoms with Crippen LogP contribution in [0.25, 0.3) is 0 Å². The number of likely N-dealkylation sites (N-methyl/N-ethyl adjacent to an activating group) is 1. The fourth-order valence-electron chi connectivity index (χ4n) is 1.91. The van der Waals surface area contributed by atoms with E-state index < -0.39 is 15.9 Å². The van der Waals surface area contributed by atoms with Crippen molar-refractivity contribution in [2.45, 2.75) is 6.10 Å². The van der Waals surface area contributed by atoms with Crippen molar-refractivity contribution in [1.29, 1.82) is 0 Å². The molecule has 1 N–H and O–H groups in total. The van der Waals surface area contributed by atoms with Crippen LogP contribution in [0.4, 0.5) is 5.69 Å². The van der Waals surface area contributed by atoms with Gasteiger partial charge in [0.15, 0.2) is 6.10 Å². The molecule has 110 valence electrons. The quantitative estimate of drug-likeness (QED) is 0.869. The molecular weight excluding hydrogens is 280 g/mol. The van der Waals surface area contributed by atoms with Crippen LogP contribution in [0.1, 0.15) is 0 Å². The largest absolute Gasteiger partial charge is 0.477 e. The lowest BCUT2D eigenvalue weighted by molar-refractivity contribution is -0.136. The molecule has 0 saturated carbocycles. The number of nitrogens with one attached hydrogen (secondary N) is 1. The van der Waals surface area contributed by atoms with Crippen LogP contribution < -0.4 is 10.1 Å². The minimum atomic E-state index is -3.08. The average Bonchev–Trinajstić information content (AvgIpc) is 2.42. The average molecular weight is 298 g/mol. The zero-order valence-corrected chi connectivity index (χ0v) is 12.3. The van der Waals surface area contributed by atoms with E-state index in [1.165, 1.54) is 4.90 Å². The second-order valence-corrected chi connectivity index (χ2v) is 7.13. The SMILES string of the molecule is CN(CCS(C)(=O)=O)C(=O)C1CNc2ccccc2O1. The Morgan fingerprint density at radius 3 is 2.85 bits per heavy atom. The number of carbonyl (C=O) groups excluding carboxylic acids is 1. The Bertz CT molecular complexity index is 600. The van der Waals surface area contributed by atoms with E-state index >= 15 is 0 Å². The zero-order valence-electron chi connectivity index (χ0n) is 11.5. The minimum absolute atomic E-state index is 0.0496.